The predicted molar refractivity (Wildman–Crippen MR) is 78.9 cm³/mol. The molecule has 2 heterocycles. The summed E-state index contributed by atoms with van der Waals surface area (Å²) in [4.78, 5) is 14.0. The first-order valence-corrected chi connectivity index (χ1v) is 6.74. The van der Waals surface area contributed by atoms with Crippen LogP contribution in [0.2, 0.25) is 0 Å². The third-order valence-electron chi connectivity index (χ3n) is 3.43. The van der Waals surface area contributed by atoms with Crippen LogP contribution >= 0.6 is 0 Å². The van der Waals surface area contributed by atoms with Crippen molar-refractivity contribution in [3.05, 3.63) is 48.3 Å². The molecular formula is C16H20N2O. The molecule has 1 aromatic carbocycles. The lowest BCUT2D eigenvalue weighted by Crippen LogP contribution is -2.29. The Bertz CT molecular complexity index is 586. The number of anilines is 1. The van der Waals surface area contributed by atoms with E-state index >= 15 is 0 Å². The van der Waals surface area contributed by atoms with Gasteiger partial charge in [0.25, 0.3) is 0 Å². The van der Waals surface area contributed by atoms with Gasteiger partial charge in [0.05, 0.1) is 17.3 Å². The van der Waals surface area contributed by atoms with E-state index in [1.165, 1.54) is 0 Å². The summed E-state index contributed by atoms with van der Waals surface area (Å²) < 4.78 is 2.10. The van der Waals surface area contributed by atoms with E-state index in [1.54, 1.807) is 4.90 Å². The lowest BCUT2D eigenvalue weighted by atomic mass is 10.1. The number of nitrogens with zero attached hydrogens (tertiary/aromatic N) is 2. The van der Waals surface area contributed by atoms with E-state index in [-0.39, 0.29) is 11.8 Å². The highest BCUT2D eigenvalue weighted by molar-refractivity contribution is 6.00. The van der Waals surface area contributed by atoms with E-state index < -0.39 is 0 Å². The molecule has 1 atom stereocenters. The Labute approximate surface area is 114 Å². The number of likely N-dealkylation sites (N-methyl/N-ethyl adjacent to an activating group) is 1. The first-order valence-electron chi connectivity index (χ1n) is 6.74. The summed E-state index contributed by atoms with van der Waals surface area (Å²) in [6.45, 7) is 5.95. The van der Waals surface area contributed by atoms with E-state index in [2.05, 4.69) is 4.57 Å². The summed E-state index contributed by atoms with van der Waals surface area (Å²) in [5.74, 6) is 0.0253. The number of carbonyl (C=O) groups excluding carboxylic acids is 1. The number of amides is 1. The van der Waals surface area contributed by atoms with Gasteiger partial charge in [-0.1, -0.05) is 26.0 Å². The molecule has 0 spiro atoms. The van der Waals surface area contributed by atoms with Gasteiger partial charge in [0.1, 0.15) is 0 Å². The largest absolute Gasteiger partial charge is 0.318 e. The van der Waals surface area contributed by atoms with Crippen molar-refractivity contribution in [1.82, 2.24) is 4.57 Å². The van der Waals surface area contributed by atoms with Crippen LogP contribution in [-0.4, -0.2) is 17.5 Å². The highest BCUT2D eigenvalue weighted by Gasteiger charge is 2.28. The molecule has 3 heteroatoms. The average Bonchev–Trinajstić information content (AvgIpc) is 2.93. The topological polar surface area (TPSA) is 25.2 Å². The van der Waals surface area contributed by atoms with Crippen molar-refractivity contribution >= 4 is 11.6 Å². The van der Waals surface area contributed by atoms with E-state index in [0.29, 0.717) is 0 Å². The Hall–Kier alpha value is -2.03. The Kier molecular flexibility index (Phi) is 3.74. The molecule has 1 unspecified atom stereocenters. The quantitative estimate of drug-likeness (QED) is 0.707. The van der Waals surface area contributed by atoms with Crippen LogP contribution in [-0.2, 0) is 4.79 Å². The van der Waals surface area contributed by atoms with Crippen molar-refractivity contribution in [2.75, 3.05) is 11.9 Å². The smallest absolute Gasteiger partial charge is 0.235 e. The molecule has 3 rings (SSSR count). The van der Waals surface area contributed by atoms with Crippen LogP contribution in [0.1, 0.15) is 32.4 Å². The molecule has 1 aliphatic heterocycles. The fraction of sp³-hybridized carbons (Fsp3) is 0.312. The molecule has 1 aliphatic rings. The second kappa shape index (κ2) is 5.31. The minimum Gasteiger partial charge on any atom is -0.318 e. The fourth-order valence-corrected chi connectivity index (χ4v) is 2.45. The summed E-state index contributed by atoms with van der Waals surface area (Å²) in [5.41, 5.74) is 3.07. The maximum absolute atomic E-state index is 12.3. The molecule has 0 fully saturated rings. The molecule has 0 saturated carbocycles. The maximum Gasteiger partial charge on any atom is 0.235 e. The van der Waals surface area contributed by atoms with E-state index in [9.17, 15) is 4.79 Å². The lowest BCUT2D eigenvalue weighted by Gasteiger charge is -2.18. The van der Waals surface area contributed by atoms with Crippen molar-refractivity contribution in [1.29, 1.82) is 0 Å². The van der Waals surface area contributed by atoms with Crippen molar-refractivity contribution in [3.8, 4) is 5.69 Å². The average molecular weight is 256 g/mol. The van der Waals surface area contributed by atoms with Gasteiger partial charge < -0.3 is 9.47 Å². The Morgan fingerprint density at radius 3 is 2.32 bits per heavy atom. The molecule has 0 N–H and O–H groups in total. The minimum absolute atomic E-state index is 0.109. The minimum atomic E-state index is -0.109. The normalized spacial score (nSPS) is 16.9. The fourth-order valence-electron chi connectivity index (χ4n) is 2.45. The number of fused-ring (bicyclic) bond motifs is 3. The van der Waals surface area contributed by atoms with Crippen LogP contribution in [0.25, 0.3) is 5.69 Å². The molecule has 19 heavy (non-hydrogen) atoms. The number of benzene rings is 1. The van der Waals surface area contributed by atoms with Gasteiger partial charge in [0.2, 0.25) is 5.91 Å². The Balaban J connectivity index is 0.000000637. The highest BCUT2D eigenvalue weighted by atomic mass is 16.2. The van der Waals surface area contributed by atoms with Crippen molar-refractivity contribution in [2.45, 2.75) is 26.7 Å². The Morgan fingerprint density at radius 1 is 1.00 bits per heavy atom. The van der Waals surface area contributed by atoms with E-state index in [0.717, 1.165) is 17.1 Å². The monoisotopic (exact) mass is 256 g/mol. The van der Waals surface area contributed by atoms with Gasteiger partial charge in [-0.25, -0.2) is 0 Å². The van der Waals surface area contributed by atoms with Gasteiger partial charge in [0.15, 0.2) is 0 Å². The molecule has 1 aromatic heterocycles. The third-order valence-corrected chi connectivity index (χ3v) is 3.43. The summed E-state index contributed by atoms with van der Waals surface area (Å²) in [6, 6.07) is 12.0. The van der Waals surface area contributed by atoms with E-state index in [1.807, 2.05) is 70.4 Å². The second-order valence-corrected chi connectivity index (χ2v) is 4.41. The maximum atomic E-state index is 12.3. The van der Waals surface area contributed by atoms with Crippen molar-refractivity contribution in [2.24, 2.45) is 0 Å². The van der Waals surface area contributed by atoms with Crippen molar-refractivity contribution < 1.29 is 4.79 Å². The number of hydrogen-bond donors (Lipinski definition) is 0. The zero-order valence-corrected chi connectivity index (χ0v) is 11.9. The molecule has 2 aromatic rings. The standard InChI is InChI=1S/C14H14N2O.C2H6/c1-10-11-8-5-9-16(11)13-7-4-3-6-12(13)15(2)14(10)17;1-2/h3-10H,1-2H3;1-2H3. The summed E-state index contributed by atoms with van der Waals surface area (Å²) in [6.07, 6.45) is 2.01. The van der Waals surface area contributed by atoms with Crippen LogP contribution in [0.4, 0.5) is 5.69 Å². The van der Waals surface area contributed by atoms with Gasteiger partial charge >= 0.3 is 0 Å². The SMILES string of the molecule is CC.CC1C(=O)N(C)c2ccccc2-n2cccc21. The van der Waals surface area contributed by atoms with Gasteiger partial charge in [-0.2, -0.15) is 0 Å². The molecular weight excluding hydrogens is 236 g/mol. The summed E-state index contributed by atoms with van der Waals surface area (Å²) in [7, 11) is 1.84. The van der Waals surface area contributed by atoms with Crippen LogP contribution in [0.5, 0.6) is 0 Å². The first kappa shape index (κ1) is 13.4. The molecule has 100 valence electrons. The van der Waals surface area contributed by atoms with Crippen LogP contribution in [0, 0.1) is 0 Å². The summed E-state index contributed by atoms with van der Waals surface area (Å²) >= 11 is 0. The molecule has 3 nitrogen and oxygen atoms in total. The first-order chi connectivity index (χ1) is 9.20. The third kappa shape index (κ3) is 2.05. The van der Waals surface area contributed by atoms with Gasteiger partial charge in [-0.3, -0.25) is 4.79 Å². The lowest BCUT2D eigenvalue weighted by molar-refractivity contribution is -0.119. The number of rotatable bonds is 0. The Morgan fingerprint density at radius 2 is 1.63 bits per heavy atom. The van der Waals surface area contributed by atoms with Gasteiger partial charge in [0, 0.05) is 18.9 Å². The zero-order chi connectivity index (χ0) is 14.0. The number of hydrogen-bond acceptors (Lipinski definition) is 1. The van der Waals surface area contributed by atoms with Crippen molar-refractivity contribution in [3.63, 3.8) is 0 Å². The summed E-state index contributed by atoms with van der Waals surface area (Å²) in [5, 5.41) is 0. The van der Waals surface area contributed by atoms with E-state index in [4.69, 9.17) is 0 Å². The highest BCUT2D eigenvalue weighted by Crippen LogP contribution is 2.33. The number of aromatic nitrogens is 1. The second-order valence-electron chi connectivity index (χ2n) is 4.41. The molecule has 0 bridgehead atoms. The molecule has 0 radical (unpaired) electrons. The van der Waals surface area contributed by atoms with Crippen LogP contribution < -0.4 is 4.90 Å². The van der Waals surface area contributed by atoms with Gasteiger partial charge in [-0.05, 0) is 31.2 Å². The predicted octanol–water partition coefficient (Wildman–Crippen LogP) is 3.58. The van der Waals surface area contributed by atoms with Gasteiger partial charge in [-0.15, -0.1) is 0 Å². The zero-order valence-electron chi connectivity index (χ0n) is 11.9. The molecule has 1 amide bonds. The molecule has 0 aliphatic carbocycles. The van der Waals surface area contributed by atoms with Crippen LogP contribution in [0.15, 0.2) is 42.6 Å². The number of carbonyl (C=O) groups is 1. The number of para-hydroxylation sites is 2. The van der Waals surface area contributed by atoms with Crippen LogP contribution in [0.3, 0.4) is 0 Å². The molecule has 0 saturated heterocycles.